The van der Waals surface area contributed by atoms with Gasteiger partial charge in [0, 0.05) is 51.4 Å². The molecule has 0 atom stereocenters. The molecule has 0 bridgehead atoms. The van der Waals surface area contributed by atoms with Gasteiger partial charge in [-0.1, -0.05) is 0 Å². The maximum absolute atomic E-state index is 12.4. The van der Waals surface area contributed by atoms with Gasteiger partial charge in [0.15, 0.2) is 0 Å². The van der Waals surface area contributed by atoms with Gasteiger partial charge in [-0.25, -0.2) is 0 Å². The van der Waals surface area contributed by atoms with Crippen molar-refractivity contribution in [1.82, 2.24) is 14.8 Å². The van der Waals surface area contributed by atoms with E-state index in [2.05, 4.69) is 4.98 Å². The Kier molecular flexibility index (Phi) is 5.63. The topological polar surface area (TPSA) is 70.6 Å². The van der Waals surface area contributed by atoms with Crippen molar-refractivity contribution in [3.63, 3.8) is 0 Å². The van der Waals surface area contributed by atoms with Crippen molar-refractivity contribution in [1.29, 1.82) is 0 Å². The molecule has 2 rings (SSSR count). The Hall–Kier alpha value is -2.24. The third kappa shape index (κ3) is 4.38. The molecule has 1 fully saturated rings. The standard InChI is InChI=1S/C16H21N3O3/c1-13(20)5-6-15(21)18-8-3-9-19(11-10-18)16(22)14-4-2-7-17-12-14/h2,4,7,12H,3,5-6,8-11H2,1H3. The lowest BCUT2D eigenvalue weighted by atomic mass is 10.2. The second-order valence-electron chi connectivity index (χ2n) is 5.47. The van der Waals surface area contributed by atoms with Crippen molar-refractivity contribution in [2.45, 2.75) is 26.2 Å². The minimum absolute atomic E-state index is 0.00845. The Morgan fingerprint density at radius 3 is 2.50 bits per heavy atom. The van der Waals surface area contributed by atoms with Crippen LogP contribution in [0.1, 0.15) is 36.5 Å². The number of hydrogen-bond donors (Lipinski definition) is 0. The first kappa shape index (κ1) is 16.1. The SMILES string of the molecule is CC(=O)CCC(=O)N1CCCN(C(=O)c2cccnc2)CC1. The fourth-order valence-corrected chi connectivity index (χ4v) is 2.48. The van der Waals surface area contributed by atoms with Gasteiger partial charge < -0.3 is 14.6 Å². The Morgan fingerprint density at radius 2 is 1.82 bits per heavy atom. The highest BCUT2D eigenvalue weighted by Crippen LogP contribution is 2.10. The number of pyridine rings is 1. The second kappa shape index (κ2) is 7.68. The number of hydrogen-bond acceptors (Lipinski definition) is 4. The van der Waals surface area contributed by atoms with E-state index in [9.17, 15) is 14.4 Å². The van der Waals surface area contributed by atoms with Crippen LogP contribution in [0.25, 0.3) is 0 Å². The van der Waals surface area contributed by atoms with Crippen molar-refractivity contribution in [2.24, 2.45) is 0 Å². The minimum Gasteiger partial charge on any atom is -0.341 e. The van der Waals surface area contributed by atoms with Crippen LogP contribution >= 0.6 is 0 Å². The molecule has 0 radical (unpaired) electrons. The van der Waals surface area contributed by atoms with Crippen LogP contribution < -0.4 is 0 Å². The molecule has 6 heteroatoms. The highest BCUT2D eigenvalue weighted by Gasteiger charge is 2.22. The lowest BCUT2D eigenvalue weighted by molar-refractivity contribution is -0.132. The summed E-state index contributed by atoms with van der Waals surface area (Å²) < 4.78 is 0. The average Bonchev–Trinajstić information content (AvgIpc) is 2.78. The van der Waals surface area contributed by atoms with E-state index in [0.717, 1.165) is 6.42 Å². The molecule has 0 aromatic carbocycles. The lowest BCUT2D eigenvalue weighted by Gasteiger charge is -2.22. The van der Waals surface area contributed by atoms with Crippen LogP contribution in [0, 0.1) is 0 Å². The summed E-state index contributed by atoms with van der Waals surface area (Å²) in [5, 5.41) is 0. The van der Waals surface area contributed by atoms with Crippen molar-refractivity contribution in [3.05, 3.63) is 30.1 Å². The molecule has 22 heavy (non-hydrogen) atoms. The monoisotopic (exact) mass is 303 g/mol. The van der Waals surface area contributed by atoms with Gasteiger partial charge in [-0.3, -0.25) is 14.6 Å². The summed E-state index contributed by atoms with van der Waals surface area (Å²) in [6.45, 7) is 3.78. The zero-order chi connectivity index (χ0) is 15.9. The summed E-state index contributed by atoms with van der Waals surface area (Å²) in [7, 11) is 0. The average molecular weight is 303 g/mol. The van der Waals surface area contributed by atoms with Gasteiger partial charge in [0.2, 0.25) is 5.91 Å². The smallest absolute Gasteiger partial charge is 0.255 e. The van der Waals surface area contributed by atoms with Crippen LogP contribution in [0.5, 0.6) is 0 Å². The summed E-state index contributed by atoms with van der Waals surface area (Å²) in [5.74, 6) is -0.0337. The van der Waals surface area contributed by atoms with Gasteiger partial charge in [0.25, 0.3) is 5.91 Å². The largest absolute Gasteiger partial charge is 0.341 e. The molecule has 0 unspecified atom stereocenters. The number of Topliss-reactive ketones (excluding diaryl/α,β-unsaturated/α-hetero) is 1. The van der Waals surface area contributed by atoms with Crippen LogP contribution in [0.2, 0.25) is 0 Å². The van der Waals surface area contributed by atoms with E-state index in [1.54, 1.807) is 34.3 Å². The summed E-state index contributed by atoms with van der Waals surface area (Å²) >= 11 is 0. The van der Waals surface area contributed by atoms with Crippen LogP contribution in [0.4, 0.5) is 0 Å². The summed E-state index contributed by atoms with van der Waals surface area (Å²) in [6, 6.07) is 3.48. The van der Waals surface area contributed by atoms with Crippen molar-refractivity contribution >= 4 is 17.6 Å². The fourth-order valence-electron chi connectivity index (χ4n) is 2.48. The second-order valence-corrected chi connectivity index (χ2v) is 5.47. The normalized spacial score (nSPS) is 15.3. The van der Waals surface area contributed by atoms with Gasteiger partial charge >= 0.3 is 0 Å². The molecule has 1 aromatic heterocycles. The van der Waals surface area contributed by atoms with Crippen LogP contribution in [0.3, 0.4) is 0 Å². The maximum atomic E-state index is 12.4. The molecule has 6 nitrogen and oxygen atoms in total. The number of carbonyl (C=O) groups is 3. The number of amides is 2. The molecular formula is C16H21N3O3. The molecule has 0 aliphatic carbocycles. The predicted molar refractivity (Wildman–Crippen MR) is 81.3 cm³/mol. The number of aromatic nitrogens is 1. The highest BCUT2D eigenvalue weighted by molar-refractivity contribution is 5.94. The predicted octanol–water partition coefficient (Wildman–Crippen LogP) is 1.13. The molecule has 0 spiro atoms. The van der Waals surface area contributed by atoms with Gasteiger partial charge in [-0.2, -0.15) is 0 Å². The van der Waals surface area contributed by atoms with Gasteiger partial charge in [-0.05, 0) is 25.5 Å². The molecule has 0 N–H and O–H groups in total. The van der Waals surface area contributed by atoms with Gasteiger partial charge in [-0.15, -0.1) is 0 Å². The molecule has 1 saturated heterocycles. The summed E-state index contributed by atoms with van der Waals surface area (Å²) in [6.07, 6.45) is 4.48. The third-order valence-electron chi connectivity index (χ3n) is 3.74. The van der Waals surface area contributed by atoms with Crippen LogP contribution in [0.15, 0.2) is 24.5 Å². The molecule has 1 aromatic rings. The van der Waals surface area contributed by atoms with Gasteiger partial charge in [0.05, 0.1) is 5.56 Å². The zero-order valence-electron chi connectivity index (χ0n) is 12.8. The number of nitrogens with zero attached hydrogens (tertiary/aromatic N) is 3. The maximum Gasteiger partial charge on any atom is 0.255 e. The van der Waals surface area contributed by atoms with E-state index in [4.69, 9.17) is 0 Å². The lowest BCUT2D eigenvalue weighted by Crippen LogP contribution is -2.37. The number of ketones is 1. The van der Waals surface area contributed by atoms with E-state index in [1.165, 1.54) is 6.92 Å². The quantitative estimate of drug-likeness (QED) is 0.836. The van der Waals surface area contributed by atoms with Crippen LogP contribution in [-0.4, -0.2) is 58.6 Å². The van der Waals surface area contributed by atoms with Gasteiger partial charge in [0.1, 0.15) is 5.78 Å². The Morgan fingerprint density at radius 1 is 1.09 bits per heavy atom. The molecule has 2 amide bonds. The first-order chi connectivity index (χ1) is 10.6. The summed E-state index contributed by atoms with van der Waals surface area (Å²) in [4.78, 5) is 42.9. The highest BCUT2D eigenvalue weighted by atomic mass is 16.2. The van der Waals surface area contributed by atoms with Crippen molar-refractivity contribution in [3.8, 4) is 0 Å². The third-order valence-corrected chi connectivity index (χ3v) is 3.74. The molecule has 118 valence electrons. The first-order valence-corrected chi connectivity index (χ1v) is 7.54. The minimum atomic E-state index is -0.0499. The zero-order valence-corrected chi connectivity index (χ0v) is 12.8. The Balaban J connectivity index is 1.91. The van der Waals surface area contributed by atoms with E-state index >= 15 is 0 Å². The fraction of sp³-hybridized carbons (Fsp3) is 0.500. The molecule has 1 aliphatic heterocycles. The Bertz CT molecular complexity index is 545. The number of rotatable bonds is 4. The van der Waals surface area contributed by atoms with E-state index in [0.29, 0.717) is 31.7 Å². The molecular weight excluding hydrogens is 282 g/mol. The summed E-state index contributed by atoms with van der Waals surface area (Å²) in [5.41, 5.74) is 0.568. The van der Waals surface area contributed by atoms with E-state index in [1.807, 2.05) is 0 Å². The first-order valence-electron chi connectivity index (χ1n) is 7.54. The van der Waals surface area contributed by atoms with Crippen LogP contribution in [-0.2, 0) is 9.59 Å². The molecule has 0 saturated carbocycles. The Labute approximate surface area is 130 Å². The van der Waals surface area contributed by atoms with Crippen molar-refractivity contribution in [2.75, 3.05) is 26.2 Å². The number of carbonyl (C=O) groups excluding carboxylic acids is 3. The molecule has 1 aliphatic rings. The molecule has 2 heterocycles. The van der Waals surface area contributed by atoms with Crippen molar-refractivity contribution < 1.29 is 14.4 Å². The van der Waals surface area contributed by atoms with E-state index in [-0.39, 0.29) is 30.4 Å². The van der Waals surface area contributed by atoms with E-state index < -0.39 is 0 Å².